The van der Waals surface area contributed by atoms with E-state index in [-0.39, 0.29) is 18.1 Å². The number of anilines is 1. The lowest BCUT2D eigenvalue weighted by atomic mass is 10.1. The predicted molar refractivity (Wildman–Crippen MR) is 110 cm³/mol. The molecule has 0 saturated carbocycles. The molecule has 0 aliphatic heterocycles. The Labute approximate surface area is 163 Å². The van der Waals surface area contributed by atoms with Crippen LogP contribution in [0.5, 0.6) is 0 Å². The molecule has 0 bridgehead atoms. The highest BCUT2D eigenvalue weighted by Crippen LogP contribution is 2.32. The van der Waals surface area contributed by atoms with Crippen molar-refractivity contribution in [1.82, 2.24) is 9.88 Å². The third kappa shape index (κ3) is 4.51. The predicted octanol–water partition coefficient (Wildman–Crippen LogP) is 4.19. The van der Waals surface area contributed by atoms with Gasteiger partial charge in [-0.15, -0.1) is 0 Å². The maximum Gasteiger partial charge on any atom is 0.233 e. The van der Waals surface area contributed by atoms with Crippen LogP contribution in [0, 0.1) is 19.7 Å². The Morgan fingerprint density at radius 2 is 1.78 bits per heavy atom. The molecule has 0 radical (unpaired) electrons. The second-order valence-electron chi connectivity index (χ2n) is 7.00. The summed E-state index contributed by atoms with van der Waals surface area (Å²) in [6.07, 6.45) is 0.224. The van der Waals surface area contributed by atoms with E-state index in [1.807, 2.05) is 19.0 Å². The minimum atomic E-state index is -0.298. The molecule has 0 saturated heterocycles. The summed E-state index contributed by atoms with van der Waals surface area (Å²) in [5, 5.41) is 0.715. The van der Waals surface area contributed by atoms with Gasteiger partial charge in [0.1, 0.15) is 5.82 Å². The Balaban J connectivity index is 1.91. The van der Waals surface area contributed by atoms with E-state index in [1.54, 1.807) is 17.0 Å². The molecule has 3 rings (SSSR count). The van der Waals surface area contributed by atoms with Gasteiger partial charge in [-0.3, -0.25) is 9.69 Å². The topological polar surface area (TPSA) is 36.4 Å². The van der Waals surface area contributed by atoms with Gasteiger partial charge < -0.3 is 4.90 Å². The number of fused-ring (bicyclic) bond motifs is 1. The van der Waals surface area contributed by atoms with E-state index in [0.29, 0.717) is 11.7 Å². The molecule has 27 heavy (non-hydrogen) atoms. The van der Waals surface area contributed by atoms with E-state index < -0.39 is 0 Å². The number of aromatic nitrogens is 1. The van der Waals surface area contributed by atoms with E-state index in [0.717, 1.165) is 27.9 Å². The SMILES string of the molecule is Cc1ccc2sc(N(CCN(C)C)C(=O)Cc3ccc(F)cc3)nc2c1C. The van der Waals surface area contributed by atoms with Gasteiger partial charge >= 0.3 is 0 Å². The van der Waals surface area contributed by atoms with Gasteiger partial charge in [-0.25, -0.2) is 9.37 Å². The van der Waals surface area contributed by atoms with Crippen molar-refractivity contribution in [2.24, 2.45) is 0 Å². The number of hydrogen-bond donors (Lipinski definition) is 0. The number of carbonyl (C=O) groups excluding carboxylic acids is 1. The number of amides is 1. The summed E-state index contributed by atoms with van der Waals surface area (Å²) >= 11 is 1.54. The zero-order chi connectivity index (χ0) is 19.6. The number of aryl methyl sites for hydroxylation is 2. The molecular weight excluding hydrogens is 361 g/mol. The Morgan fingerprint density at radius 1 is 1.07 bits per heavy atom. The zero-order valence-electron chi connectivity index (χ0n) is 16.1. The molecule has 0 unspecified atom stereocenters. The Bertz CT molecular complexity index is 950. The maximum absolute atomic E-state index is 13.1. The number of benzene rings is 2. The molecule has 1 aromatic heterocycles. The third-order valence-electron chi connectivity index (χ3n) is 4.64. The van der Waals surface area contributed by atoms with Crippen molar-refractivity contribution in [3.05, 3.63) is 58.9 Å². The van der Waals surface area contributed by atoms with Crippen LogP contribution in [0.2, 0.25) is 0 Å². The second kappa shape index (κ2) is 8.15. The van der Waals surface area contributed by atoms with Gasteiger partial charge in [-0.05, 0) is 62.8 Å². The van der Waals surface area contributed by atoms with E-state index in [2.05, 4.69) is 26.0 Å². The van der Waals surface area contributed by atoms with E-state index in [9.17, 15) is 9.18 Å². The highest BCUT2D eigenvalue weighted by Gasteiger charge is 2.21. The van der Waals surface area contributed by atoms with Gasteiger partial charge in [0.15, 0.2) is 5.13 Å². The monoisotopic (exact) mass is 385 g/mol. The van der Waals surface area contributed by atoms with Gasteiger partial charge in [0.25, 0.3) is 0 Å². The first-order valence-corrected chi connectivity index (χ1v) is 9.73. The second-order valence-corrected chi connectivity index (χ2v) is 8.01. The maximum atomic E-state index is 13.1. The van der Waals surface area contributed by atoms with Crippen LogP contribution in [0.25, 0.3) is 10.2 Å². The summed E-state index contributed by atoms with van der Waals surface area (Å²) in [6, 6.07) is 10.2. The normalized spacial score (nSPS) is 11.3. The molecular formula is C21H24FN3OS. The molecule has 2 aromatic carbocycles. The fourth-order valence-corrected chi connectivity index (χ4v) is 3.90. The molecule has 0 aliphatic carbocycles. The van der Waals surface area contributed by atoms with Crippen molar-refractivity contribution >= 4 is 32.6 Å². The third-order valence-corrected chi connectivity index (χ3v) is 5.69. The molecule has 6 heteroatoms. The number of hydrogen-bond acceptors (Lipinski definition) is 4. The van der Waals surface area contributed by atoms with Crippen molar-refractivity contribution in [3.8, 4) is 0 Å². The van der Waals surface area contributed by atoms with Gasteiger partial charge in [0.2, 0.25) is 5.91 Å². The molecule has 0 aliphatic rings. The average Bonchev–Trinajstić information content (AvgIpc) is 3.05. The van der Waals surface area contributed by atoms with Crippen molar-refractivity contribution in [2.45, 2.75) is 20.3 Å². The highest BCUT2D eigenvalue weighted by molar-refractivity contribution is 7.22. The van der Waals surface area contributed by atoms with E-state index in [4.69, 9.17) is 4.98 Å². The fraction of sp³-hybridized carbons (Fsp3) is 0.333. The van der Waals surface area contributed by atoms with Crippen LogP contribution in [-0.4, -0.2) is 43.0 Å². The molecule has 142 valence electrons. The number of thiazole rings is 1. The molecule has 0 spiro atoms. The van der Waals surface area contributed by atoms with Gasteiger partial charge in [-0.2, -0.15) is 0 Å². The average molecular weight is 386 g/mol. The lowest BCUT2D eigenvalue weighted by molar-refractivity contribution is -0.118. The van der Waals surface area contributed by atoms with Crippen LogP contribution in [0.15, 0.2) is 36.4 Å². The molecule has 0 atom stereocenters. The Morgan fingerprint density at radius 3 is 2.44 bits per heavy atom. The largest absolute Gasteiger partial charge is 0.308 e. The van der Waals surface area contributed by atoms with Gasteiger partial charge in [0, 0.05) is 13.1 Å². The lowest BCUT2D eigenvalue weighted by Gasteiger charge is -2.22. The minimum Gasteiger partial charge on any atom is -0.308 e. The standard InChI is InChI=1S/C21H24FN3OS/c1-14-5-10-18-20(15(14)2)23-21(27-18)25(12-11-24(3)4)19(26)13-16-6-8-17(22)9-7-16/h5-10H,11-13H2,1-4H3. The first-order valence-electron chi connectivity index (χ1n) is 8.91. The van der Waals surface area contributed by atoms with Crippen molar-refractivity contribution in [2.75, 3.05) is 32.1 Å². The molecule has 1 heterocycles. The number of rotatable bonds is 6. The summed E-state index contributed by atoms with van der Waals surface area (Å²) in [5.41, 5.74) is 4.09. The Kier molecular flexibility index (Phi) is 5.87. The van der Waals surface area contributed by atoms with Crippen molar-refractivity contribution in [3.63, 3.8) is 0 Å². The molecule has 0 fully saturated rings. The fourth-order valence-electron chi connectivity index (χ4n) is 2.83. The highest BCUT2D eigenvalue weighted by atomic mass is 32.1. The summed E-state index contributed by atoms with van der Waals surface area (Å²) in [6.45, 7) is 5.43. The quantitative estimate of drug-likeness (QED) is 0.638. The molecule has 4 nitrogen and oxygen atoms in total. The van der Waals surface area contributed by atoms with E-state index in [1.165, 1.54) is 29.0 Å². The van der Waals surface area contributed by atoms with Crippen molar-refractivity contribution < 1.29 is 9.18 Å². The van der Waals surface area contributed by atoms with Crippen LogP contribution in [-0.2, 0) is 11.2 Å². The summed E-state index contributed by atoms with van der Waals surface area (Å²) in [4.78, 5) is 21.6. The summed E-state index contributed by atoms with van der Waals surface area (Å²) in [5.74, 6) is -0.329. The van der Waals surface area contributed by atoms with Crippen LogP contribution < -0.4 is 4.90 Å². The lowest BCUT2D eigenvalue weighted by Crippen LogP contribution is -2.37. The van der Waals surface area contributed by atoms with Crippen molar-refractivity contribution in [1.29, 1.82) is 0 Å². The molecule has 1 amide bonds. The number of halogens is 1. The number of likely N-dealkylation sites (N-methyl/N-ethyl adjacent to an activating group) is 1. The smallest absolute Gasteiger partial charge is 0.233 e. The first-order chi connectivity index (χ1) is 12.8. The van der Waals surface area contributed by atoms with Crippen LogP contribution in [0.3, 0.4) is 0 Å². The van der Waals surface area contributed by atoms with Crippen LogP contribution in [0.4, 0.5) is 9.52 Å². The Hall–Kier alpha value is -2.31. The number of nitrogens with zero attached hydrogens (tertiary/aromatic N) is 3. The summed E-state index contributed by atoms with van der Waals surface area (Å²) < 4.78 is 14.2. The zero-order valence-corrected chi connectivity index (χ0v) is 16.9. The minimum absolute atomic E-state index is 0.0307. The first kappa shape index (κ1) is 19.5. The number of carbonyl (C=O) groups is 1. The van der Waals surface area contributed by atoms with Gasteiger partial charge in [-0.1, -0.05) is 29.5 Å². The van der Waals surface area contributed by atoms with E-state index >= 15 is 0 Å². The molecule has 3 aromatic rings. The molecule has 0 N–H and O–H groups in total. The van der Waals surface area contributed by atoms with Crippen LogP contribution in [0.1, 0.15) is 16.7 Å². The van der Waals surface area contributed by atoms with Gasteiger partial charge in [0.05, 0.1) is 16.6 Å². The summed E-state index contributed by atoms with van der Waals surface area (Å²) in [7, 11) is 3.96. The van der Waals surface area contributed by atoms with Crippen LogP contribution >= 0.6 is 11.3 Å².